The molecule has 0 bridgehead atoms. The minimum absolute atomic E-state index is 0.00443. The first-order valence-corrected chi connectivity index (χ1v) is 9.35. The maximum Gasteiger partial charge on any atom is 0.255 e. The second-order valence-electron chi connectivity index (χ2n) is 5.79. The molecule has 0 aromatic heterocycles. The molecule has 5 nitrogen and oxygen atoms in total. The monoisotopic (exact) mass is 345 g/mol. The summed E-state index contributed by atoms with van der Waals surface area (Å²) in [5.41, 5.74) is 0.154. The molecule has 1 amide bonds. The van der Waals surface area contributed by atoms with Crippen LogP contribution in [0.15, 0.2) is 64.4 Å². The van der Waals surface area contributed by atoms with Crippen LogP contribution in [-0.4, -0.2) is 43.5 Å². The van der Waals surface area contributed by atoms with Gasteiger partial charge in [0, 0.05) is 6.54 Å². The van der Waals surface area contributed by atoms with Crippen LogP contribution in [0.25, 0.3) is 0 Å². The van der Waals surface area contributed by atoms with Crippen LogP contribution in [0.2, 0.25) is 0 Å². The van der Waals surface area contributed by atoms with Crippen LogP contribution in [0.5, 0.6) is 0 Å². The second kappa shape index (κ2) is 6.75. The molecule has 2 aromatic rings. The fourth-order valence-electron chi connectivity index (χ4n) is 3.05. The molecule has 24 heavy (non-hydrogen) atoms. The first-order valence-electron chi connectivity index (χ1n) is 7.86. The van der Waals surface area contributed by atoms with Crippen molar-refractivity contribution in [2.24, 2.45) is 0 Å². The van der Waals surface area contributed by atoms with Gasteiger partial charge in [0.25, 0.3) is 5.91 Å². The van der Waals surface area contributed by atoms with E-state index in [1.165, 1.54) is 24.3 Å². The lowest BCUT2D eigenvalue weighted by Crippen LogP contribution is -2.38. The molecule has 6 heteroatoms. The van der Waals surface area contributed by atoms with E-state index in [0.717, 1.165) is 12.8 Å². The van der Waals surface area contributed by atoms with Crippen molar-refractivity contribution >= 4 is 15.7 Å². The summed E-state index contributed by atoms with van der Waals surface area (Å²) in [5, 5.41) is 9.43. The maximum atomic E-state index is 12.9. The molecule has 1 atom stereocenters. The zero-order valence-corrected chi connectivity index (χ0v) is 13.9. The minimum Gasteiger partial charge on any atom is -0.394 e. The number of carbonyl (C=O) groups excluding carboxylic acids is 1. The smallest absolute Gasteiger partial charge is 0.255 e. The molecule has 1 heterocycles. The van der Waals surface area contributed by atoms with Crippen molar-refractivity contribution in [2.75, 3.05) is 13.2 Å². The summed E-state index contributed by atoms with van der Waals surface area (Å²) in [5.74, 6) is -0.346. The quantitative estimate of drug-likeness (QED) is 0.921. The van der Waals surface area contributed by atoms with Gasteiger partial charge in [-0.15, -0.1) is 0 Å². The number of benzene rings is 2. The van der Waals surface area contributed by atoms with Crippen molar-refractivity contribution in [3.8, 4) is 0 Å². The van der Waals surface area contributed by atoms with Crippen LogP contribution < -0.4 is 0 Å². The van der Waals surface area contributed by atoms with Crippen molar-refractivity contribution in [1.82, 2.24) is 4.90 Å². The first kappa shape index (κ1) is 16.7. The molecule has 1 unspecified atom stereocenters. The fraction of sp³-hybridized carbons (Fsp3) is 0.278. The summed E-state index contributed by atoms with van der Waals surface area (Å²) in [6.45, 7) is 0.420. The molecule has 0 spiro atoms. The highest BCUT2D eigenvalue weighted by Crippen LogP contribution is 2.27. The van der Waals surface area contributed by atoms with Crippen molar-refractivity contribution in [1.29, 1.82) is 0 Å². The number of aliphatic hydroxyl groups excluding tert-OH is 1. The van der Waals surface area contributed by atoms with Gasteiger partial charge in [0.2, 0.25) is 9.84 Å². The molecular formula is C18H19NO4S. The number of nitrogens with zero attached hydrogens (tertiary/aromatic N) is 1. The molecule has 0 aliphatic carbocycles. The Hall–Kier alpha value is -2.18. The Morgan fingerprint density at radius 3 is 2.46 bits per heavy atom. The van der Waals surface area contributed by atoms with Crippen LogP contribution in [0, 0.1) is 0 Å². The van der Waals surface area contributed by atoms with Crippen molar-refractivity contribution in [3.05, 3.63) is 60.2 Å². The van der Waals surface area contributed by atoms with E-state index in [1.807, 2.05) is 0 Å². The average molecular weight is 345 g/mol. The van der Waals surface area contributed by atoms with Crippen LogP contribution in [0.4, 0.5) is 0 Å². The van der Waals surface area contributed by atoms with E-state index in [9.17, 15) is 18.3 Å². The van der Waals surface area contributed by atoms with E-state index in [4.69, 9.17) is 0 Å². The van der Waals surface area contributed by atoms with Gasteiger partial charge in [-0.05, 0) is 37.1 Å². The minimum atomic E-state index is -3.78. The highest BCUT2D eigenvalue weighted by molar-refractivity contribution is 7.91. The largest absolute Gasteiger partial charge is 0.394 e. The van der Waals surface area contributed by atoms with Crippen molar-refractivity contribution in [2.45, 2.75) is 28.7 Å². The molecule has 1 saturated heterocycles. The van der Waals surface area contributed by atoms with E-state index >= 15 is 0 Å². The Morgan fingerprint density at radius 2 is 1.75 bits per heavy atom. The molecular weight excluding hydrogens is 326 g/mol. The molecule has 1 aliphatic heterocycles. The SMILES string of the molecule is O=C(c1ccccc1S(=O)(=O)c1ccccc1)N1CCCC1CO. The van der Waals surface area contributed by atoms with Crippen LogP contribution in [0.3, 0.4) is 0 Å². The molecule has 3 rings (SSSR count). The number of hydrogen-bond donors (Lipinski definition) is 1. The van der Waals surface area contributed by atoms with Crippen LogP contribution in [0.1, 0.15) is 23.2 Å². The van der Waals surface area contributed by atoms with Crippen LogP contribution in [-0.2, 0) is 9.84 Å². The van der Waals surface area contributed by atoms with Gasteiger partial charge in [0.05, 0.1) is 28.0 Å². The highest BCUT2D eigenvalue weighted by Gasteiger charge is 2.32. The molecule has 1 fully saturated rings. The fourth-order valence-corrected chi connectivity index (χ4v) is 4.52. The zero-order chi connectivity index (χ0) is 17.2. The van der Waals surface area contributed by atoms with Gasteiger partial charge in [0.15, 0.2) is 0 Å². The molecule has 126 valence electrons. The number of sulfone groups is 1. The van der Waals surface area contributed by atoms with Crippen molar-refractivity contribution < 1.29 is 18.3 Å². The molecule has 0 radical (unpaired) electrons. The Labute approximate surface area is 141 Å². The second-order valence-corrected chi connectivity index (χ2v) is 7.71. The standard InChI is InChI=1S/C18H19NO4S/c20-13-14-7-6-12-19(14)18(21)16-10-4-5-11-17(16)24(22,23)15-8-2-1-3-9-15/h1-5,8-11,14,20H,6-7,12-13H2. The van der Waals surface area contributed by atoms with E-state index in [1.54, 1.807) is 35.2 Å². The molecule has 1 aliphatic rings. The number of hydrogen-bond acceptors (Lipinski definition) is 4. The molecule has 2 aromatic carbocycles. The summed E-state index contributed by atoms with van der Waals surface area (Å²) in [7, 11) is -3.78. The van der Waals surface area contributed by atoms with E-state index in [2.05, 4.69) is 0 Å². The van der Waals surface area contributed by atoms with E-state index in [-0.39, 0.29) is 33.9 Å². The maximum absolute atomic E-state index is 12.9. The lowest BCUT2D eigenvalue weighted by molar-refractivity contribution is 0.0674. The van der Waals surface area contributed by atoms with E-state index < -0.39 is 9.84 Å². The molecule has 0 saturated carbocycles. The predicted molar refractivity (Wildman–Crippen MR) is 89.5 cm³/mol. The first-order chi connectivity index (χ1) is 11.6. The lowest BCUT2D eigenvalue weighted by Gasteiger charge is -2.24. The van der Waals surface area contributed by atoms with Gasteiger partial charge in [-0.25, -0.2) is 8.42 Å². The van der Waals surface area contributed by atoms with Crippen LogP contribution >= 0.6 is 0 Å². The third-order valence-electron chi connectivity index (χ3n) is 4.31. The normalized spacial score (nSPS) is 17.9. The third-order valence-corrected chi connectivity index (χ3v) is 6.14. The number of likely N-dealkylation sites (tertiary alicyclic amines) is 1. The lowest BCUT2D eigenvalue weighted by atomic mass is 10.1. The Balaban J connectivity index is 2.04. The van der Waals surface area contributed by atoms with Gasteiger partial charge in [-0.1, -0.05) is 30.3 Å². The number of aliphatic hydroxyl groups is 1. The van der Waals surface area contributed by atoms with Gasteiger partial charge in [-0.2, -0.15) is 0 Å². The summed E-state index contributed by atoms with van der Waals surface area (Å²) < 4.78 is 25.8. The van der Waals surface area contributed by atoms with E-state index in [0.29, 0.717) is 6.54 Å². The number of carbonyl (C=O) groups is 1. The molecule has 1 N–H and O–H groups in total. The number of amides is 1. The predicted octanol–water partition coefficient (Wildman–Crippen LogP) is 2.12. The topological polar surface area (TPSA) is 74.7 Å². The summed E-state index contributed by atoms with van der Waals surface area (Å²) in [6, 6.07) is 14.1. The van der Waals surface area contributed by atoms with Gasteiger partial charge in [0.1, 0.15) is 0 Å². The average Bonchev–Trinajstić information content (AvgIpc) is 3.10. The van der Waals surface area contributed by atoms with Gasteiger partial charge < -0.3 is 10.0 Å². The number of rotatable bonds is 4. The van der Waals surface area contributed by atoms with Gasteiger partial charge >= 0.3 is 0 Å². The summed E-state index contributed by atoms with van der Waals surface area (Å²) in [6.07, 6.45) is 1.54. The zero-order valence-electron chi connectivity index (χ0n) is 13.1. The van der Waals surface area contributed by atoms with Crippen molar-refractivity contribution in [3.63, 3.8) is 0 Å². The summed E-state index contributed by atoms with van der Waals surface area (Å²) in [4.78, 5) is 14.6. The Kier molecular flexibility index (Phi) is 4.69. The Morgan fingerprint density at radius 1 is 1.08 bits per heavy atom. The third kappa shape index (κ3) is 2.95. The van der Waals surface area contributed by atoms with Gasteiger partial charge in [-0.3, -0.25) is 4.79 Å². The summed E-state index contributed by atoms with van der Waals surface area (Å²) >= 11 is 0. The Bertz CT molecular complexity index is 833. The highest BCUT2D eigenvalue weighted by atomic mass is 32.2.